The third kappa shape index (κ3) is 3.04. The average Bonchev–Trinajstić information content (AvgIpc) is 2.32. The highest BCUT2D eigenvalue weighted by Crippen LogP contribution is 2.35. The van der Waals surface area contributed by atoms with Crippen LogP contribution in [0, 0.1) is 11.3 Å². The average molecular weight is 325 g/mol. The second-order valence-corrected chi connectivity index (χ2v) is 5.69. The fraction of sp³-hybridized carbons (Fsp3) is 0. The van der Waals surface area contributed by atoms with Gasteiger partial charge in [-0.1, -0.05) is 51.4 Å². The quantitative estimate of drug-likeness (QED) is 0.765. The predicted molar refractivity (Wildman–Crippen MR) is 74.4 cm³/mol. The van der Waals surface area contributed by atoms with Gasteiger partial charge in [-0.3, -0.25) is 0 Å². The molecule has 0 radical (unpaired) electrons. The van der Waals surface area contributed by atoms with Crippen LogP contribution in [0.5, 0.6) is 0 Å². The highest BCUT2D eigenvalue weighted by atomic mass is 79.9. The molecule has 17 heavy (non-hydrogen) atoms. The summed E-state index contributed by atoms with van der Waals surface area (Å²) < 4.78 is 0.950. The third-order valence-electron chi connectivity index (χ3n) is 2.12. The molecule has 2 aromatic rings. The van der Waals surface area contributed by atoms with Crippen LogP contribution >= 0.6 is 39.3 Å². The summed E-state index contributed by atoms with van der Waals surface area (Å²) in [6.07, 6.45) is 0. The smallest absolute Gasteiger partial charge is 0.100 e. The number of nitriles is 1. The lowest BCUT2D eigenvalue weighted by Crippen LogP contribution is -1.82. The van der Waals surface area contributed by atoms with E-state index in [0.717, 1.165) is 14.3 Å². The summed E-state index contributed by atoms with van der Waals surface area (Å²) in [5.41, 5.74) is 0.651. The topological polar surface area (TPSA) is 23.8 Å². The summed E-state index contributed by atoms with van der Waals surface area (Å²) in [4.78, 5) is 1.85. The van der Waals surface area contributed by atoms with E-state index < -0.39 is 0 Å². The molecule has 0 unspecified atom stereocenters. The van der Waals surface area contributed by atoms with Gasteiger partial charge in [0, 0.05) is 14.3 Å². The zero-order valence-electron chi connectivity index (χ0n) is 8.65. The number of hydrogen-bond donors (Lipinski definition) is 0. The number of rotatable bonds is 2. The monoisotopic (exact) mass is 323 g/mol. The van der Waals surface area contributed by atoms with Crippen LogP contribution in [0.3, 0.4) is 0 Å². The van der Waals surface area contributed by atoms with E-state index in [4.69, 9.17) is 16.9 Å². The zero-order chi connectivity index (χ0) is 12.3. The minimum Gasteiger partial charge on any atom is -0.192 e. The Bertz CT molecular complexity index is 592. The van der Waals surface area contributed by atoms with E-state index in [0.29, 0.717) is 10.6 Å². The van der Waals surface area contributed by atoms with Crippen molar-refractivity contribution in [2.75, 3.05) is 0 Å². The minimum atomic E-state index is 0.651. The maximum absolute atomic E-state index is 9.05. The molecule has 0 bridgehead atoms. The van der Waals surface area contributed by atoms with Gasteiger partial charge in [-0.05, 0) is 30.3 Å². The van der Waals surface area contributed by atoms with Crippen molar-refractivity contribution >= 4 is 39.3 Å². The van der Waals surface area contributed by atoms with E-state index in [9.17, 15) is 0 Å². The molecule has 2 aromatic carbocycles. The summed E-state index contributed by atoms with van der Waals surface area (Å²) in [6.45, 7) is 0. The van der Waals surface area contributed by atoms with E-state index in [2.05, 4.69) is 22.0 Å². The van der Waals surface area contributed by atoms with Gasteiger partial charge in [-0.25, -0.2) is 0 Å². The molecule has 0 aromatic heterocycles. The van der Waals surface area contributed by atoms with Gasteiger partial charge in [0.15, 0.2) is 0 Å². The summed E-state index contributed by atoms with van der Waals surface area (Å²) in [6, 6.07) is 15.3. The van der Waals surface area contributed by atoms with Crippen LogP contribution in [0.25, 0.3) is 0 Å². The Balaban J connectivity index is 2.40. The first-order chi connectivity index (χ1) is 8.20. The second-order valence-electron chi connectivity index (χ2n) is 3.28. The van der Waals surface area contributed by atoms with Crippen molar-refractivity contribution in [1.29, 1.82) is 5.26 Å². The van der Waals surface area contributed by atoms with Gasteiger partial charge in [-0.15, -0.1) is 0 Å². The van der Waals surface area contributed by atoms with E-state index in [-0.39, 0.29) is 0 Å². The third-order valence-corrected chi connectivity index (χ3v) is 4.19. The lowest BCUT2D eigenvalue weighted by Gasteiger charge is -2.06. The molecule has 0 fully saturated rings. The van der Waals surface area contributed by atoms with Crippen molar-refractivity contribution in [2.45, 2.75) is 9.79 Å². The maximum Gasteiger partial charge on any atom is 0.100 e. The van der Waals surface area contributed by atoms with Crippen LogP contribution < -0.4 is 0 Å². The minimum absolute atomic E-state index is 0.651. The van der Waals surface area contributed by atoms with Gasteiger partial charge in [0.2, 0.25) is 0 Å². The predicted octanol–water partition coefficient (Wildman–Crippen LogP) is 5.13. The Morgan fingerprint density at radius 1 is 1.12 bits per heavy atom. The molecule has 0 atom stereocenters. The lowest BCUT2D eigenvalue weighted by atomic mass is 10.2. The van der Waals surface area contributed by atoms with Crippen LogP contribution in [0.4, 0.5) is 0 Å². The van der Waals surface area contributed by atoms with Gasteiger partial charge in [-0.2, -0.15) is 5.26 Å². The Morgan fingerprint density at radius 2 is 1.88 bits per heavy atom. The van der Waals surface area contributed by atoms with Gasteiger partial charge < -0.3 is 0 Å². The second kappa shape index (κ2) is 5.59. The standard InChI is InChI=1S/C13H7BrClNS/c14-10-6-5-9(8-16)13(7-10)17-12-4-2-1-3-11(12)15/h1-7H. The number of halogens is 2. The fourth-order valence-corrected chi connectivity index (χ4v) is 3.04. The molecule has 0 aliphatic heterocycles. The molecular weight excluding hydrogens is 318 g/mol. The Kier molecular flexibility index (Phi) is 4.11. The first-order valence-electron chi connectivity index (χ1n) is 4.83. The molecule has 0 N–H and O–H groups in total. The van der Waals surface area contributed by atoms with Gasteiger partial charge in [0.25, 0.3) is 0 Å². The molecule has 84 valence electrons. The van der Waals surface area contributed by atoms with Crippen LogP contribution in [0.2, 0.25) is 5.02 Å². The van der Waals surface area contributed by atoms with Crippen LogP contribution in [-0.4, -0.2) is 0 Å². The number of benzene rings is 2. The van der Waals surface area contributed by atoms with Gasteiger partial charge in [0.1, 0.15) is 6.07 Å². The molecule has 2 rings (SSSR count). The first kappa shape index (κ1) is 12.5. The normalized spacial score (nSPS) is 9.94. The van der Waals surface area contributed by atoms with Crippen molar-refractivity contribution < 1.29 is 0 Å². The van der Waals surface area contributed by atoms with Crippen molar-refractivity contribution in [1.82, 2.24) is 0 Å². The number of nitrogens with zero attached hydrogens (tertiary/aromatic N) is 1. The molecule has 0 saturated heterocycles. The highest BCUT2D eigenvalue weighted by molar-refractivity contribution is 9.10. The summed E-state index contributed by atoms with van der Waals surface area (Å²) in [5, 5.41) is 9.74. The maximum atomic E-state index is 9.05. The molecule has 0 heterocycles. The first-order valence-corrected chi connectivity index (χ1v) is 6.81. The van der Waals surface area contributed by atoms with Crippen molar-refractivity contribution in [3.8, 4) is 6.07 Å². The van der Waals surface area contributed by atoms with Crippen LogP contribution in [-0.2, 0) is 0 Å². The highest BCUT2D eigenvalue weighted by Gasteiger charge is 2.07. The summed E-state index contributed by atoms with van der Waals surface area (Å²) in [7, 11) is 0. The lowest BCUT2D eigenvalue weighted by molar-refractivity contribution is 1.34. The largest absolute Gasteiger partial charge is 0.192 e. The van der Waals surface area contributed by atoms with Crippen molar-refractivity contribution in [3.63, 3.8) is 0 Å². The van der Waals surface area contributed by atoms with Crippen molar-refractivity contribution in [3.05, 3.63) is 57.5 Å². The SMILES string of the molecule is N#Cc1ccc(Br)cc1Sc1ccccc1Cl. The van der Waals surface area contributed by atoms with Crippen molar-refractivity contribution in [2.24, 2.45) is 0 Å². The zero-order valence-corrected chi connectivity index (χ0v) is 11.8. The molecule has 0 saturated carbocycles. The number of hydrogen-bond acceptors (Lipinski definition) is 2. The molecule has 4 heteroatoms. The van der Waals surface area contributed by atoms with E-state index in [1.165, 1.54) is 11.8 Å². The fourth-order valence-electron chi connectivity index (χ4n) is 1.32. The molecule has 0 spiro atoms. The molecule has 0 aliphatic carbocycles. The van der Waals surface area contributed by atoms with E-state index in [1.54, 1.807) is 6.07 Å². The van der Waals surface area contributed by atoms with E-state index in [1.807, 2.05) is 36.4 Å². The van der Waals surface area contributed by atoms with Crippen LogP contribution in [0.15, 0.2) is 56.7 Å². The Hall–Kier alpha value is -0.950. The Labute approximate surface area is 118 Å². The molecule has 0 aliphatic rings. The summed E-state index contributed by atoms with van der Waals surface area (Å²) in [5.74, 6) is 0. The Morgan fingerprint density at radius 3 is 2.59 bits per heavy atom. The van der Waals surface area contributed by atoms with Gasteiger partial charge in [0.05, 0.1) is 10.6 Å². The van der Waals surface area contributed by atoms with E-state index >= 15 is 0 Å². The van der Waals surface area contributed by atoms with Crippen LogP contribution in [0.1, 0.15) is 5.56 Å². The molecule has 1 nitrogen and oxygen atoms in total. The molecule has 0 amide bonds. The van der Waals surface area contributed by atoms with Gasteiger partial charge >= 0.3 is 0 Å². The molecular formula is C13H7BrClNS. The summed E-state index contributed by atoms with van der Waals surface area (Å²) >= 11 is 11.0.